The first-order valence-corrected chi connectivity index (χ1v) is 8.16. The molecule has 1 aromatic heterocycles. The van der Waals surface area contributed by atoms with Gasteiger partial charge in [0.1, 0.15) is 6.54 Å². The molecule has 0 spiro atoms. The van der Waals surface area contributed by atoms with E-state index in [1.165, 1.54) is 0 Å². The topological polar surface area (TPSA) is 44.4 Å². The molecule has 0 fully saturated rings. The molecule has 0 saturated carbocycles. The fourth-order valence-corrected chi connectivity index (χ4v) is 2.53. The number of amides is 1. The third-order valence-electron chi connectivity index (χ3n) is 3.77. The normalized spacial score (nSPS) is 10.0. The van der Waals surface area contributed by atoms with Crippen LogP contribution < -0.4 is 21.5 Å². The van der Waals surface area contributed by atoms with Gasteiger partial charge in [-0.1, -0.05) is 36.4 Å². The number of carbonyl (C=O) groups excluding carboxylic acids is 1. The number of benzene rings is 1. The van der Waals surface area contributed by atoms with E-state index in [0.29, 0.717) is 19.5 Å². The summed E-state index contributed by atoms with van der Waals surface area (Å²) in [6.45, 7) is 1.88. The van der Waals surface area contributed by atoms with Crippen molar-refractivity contribution in [3.63, 3.8) is 0 Å². The van der Waals surface area contributed by atoms with Gasteiger partial charge >= 0.3 is 0 Å². The van der Waals surface area contributed by atoms with E-state index in [9.17, 15) is 9.90 Å². The van der Waals surface area contributed by atoms with E-state index in [1.807, 2.05) is 60.9 Å². The Morgan fingerprint density at radius 2 is 1.67 bits per heavy atom. The zero-order valence-corrected chi connectivity index (χ0v) is 15.4. The van der Waals surface area contributed by atoms with E-state index in [1.54, 1.807) is 4.90 Å². The van der Waals surface area contributed by atoms with Crippen LogP contribution in [0.25, 0.3) is 0 Å². The molecule has 0 aliphatic rings. The van der Waals surface area contributed by atoms with Gasteiger partial charge in [-0.3, -0.25) is 4.79 Å². The molecule has 0 atom stereocenters. The zero-order valence-electron chi connectivity index (χ0n) is 13.9. The second-order valence-electron chi connectivity index (χ2n) is 5.59. The van der Waals surface area contributed by atoms with Crippen LogP contribution in [0.2, 0.25) is 0 Å². The standard InChI is InChI=1S/C19H25N2O2.BrH/c22-16-15-21(17-18-9-3-1-4-10-18)19(23)11-5-8-14-20-12-6-2-7-13-20;/h1-4,6-7,9-10,12-13,22H,5,8,11,14-17H2;1H/q+1;/p-1. The molecular weight excluding hydrogens is 368 g/mol. The number of hydrogen-bond acceptors (Lipinski definition) is 2. The minimum Gasteiger partial charge on any atom is -1.00 e. The first-order chi connectivity index (χ1) is 11.3. The molecule has 1 N–H and O–H groups in total. The molecule has 0 unspecified atom stereocenters. The summed E-state index contributed by atoms with van der Waals surface area (Å²) in [6.07, 6.45) is 6.43. The van der Waals surface area contributed by atoms with Crippen LogP contribution in [0.5, 0.6) is 0 Å². The molecule has 4 nitrogen and oxygen atoms in total. The van der Waals surface area contributed by atoms with Gasteiger partial charge in [-0.2, -0.15) is 0 Å². The van der Waals surface area contributed by atoms with Crippen molar-refractivity contribution in [1.82, 2.24) is 4.90 Å². The second kappa shape index (κ2) is 11.8. The largest absolute Gasteiger partial charge is 1.00 e. The lowest BCUT2D eigenvalue weighted by Crippen LogP contribution is -3.00. The highest BCUT2D eigenvalue weighted by Crippen LogP contribution is 2.08. The van der Waals surface area contributed by atoms with Crippen LogP contribution in [-0.4, -0.2) is 29.1 Å². The number of hydrogen-bond donors (Lipinski definition) is 1. The summed E-state index contributed by atoms with van der Waals surface area (Å²) in [5.41, 5.74) is 1.09. The van der Waals surface area contributed by atoms with Gasteiger partial charge in [0.2, 0.25) is 5.91 Å². The Hall–Kier alpha value is -1.72. The van der Waals surface area contributed by atoms with Crippen molar-refractivity contribution in [2.45, 2.75) is 32.4 Å². The Balaban J connectivity index is 0.00000288. The van der Waals surface area contributed by atoms with Gasteiger partial charge in [0.25, 0.3) is 0 Å². The molecule has 1 amide bonds. The predicted molar refractivity (Wildman–Crippen MR) is 89.4 cm³/mol. The number of pyridine rings is 1. The Bertz CT molecular complexity index is 578. The summed E-state index contributed by atoms with van der Waals surface area (Å²) < 4.78 is 2.12. The highest BCUT2D eigenvalue weighted by atomic mass is 79.9. The number of aliphatic hydroxyl groups is 1. The monoisotopic (exact) mass is 392 g/mol. The van der Waals surface area contributed by atoms with Crippen LogP contribution in [0, 0.1) is 0 Å². The van der Waals surface area contributed by atoms with E-state index >= 15 is 0 Å². The number of rotatable bonds is 9. The van der Waals surface area contributed by atoms with Crippen molar-refractivity contribution in [3.05, 3.63) is 66.5 Å². The molecule has 1 aromatic carbocycles. The number of aryl methyl sites for hydroxylation is 1. The van der Waals surface area contributed by atoms with Crippen molar-refractivity contribution in [2.24, 2.45) is 0 Å². The summed E-state index contributed by atoms with van der Waals surface area (Å²) in [5, 5.41) is 9.19. The minimum atomic E-state index is -0.00155. The van der Waals surface area contributed by atoms with Crippen LogP contribution in [0.1, 0.15) is 24.8 Å². The number of carbonyl (C=O) groups is 1. The predicted octanol–water partition coefficient (Wildman–Crippen LogP) is -0.830. The van der Waals surface area contributed by atoms with Gasteiger partial charge in [-0.05, 0) is 12.0 Å². The van der Waals surface area contributed by atoms with Gasteiger partial charge in [0, 0.05) is 38.1 Å². The Kier molecular flexibility index (Phi) is 9.96. The maximum atomic E-state index is 12.4. The van der Waals surface area contributed by atoms with Gasteiger partial charge in [0.15, 0.2) is 12.4 Å². The average molecular weight is 393 g/mol. The van der Waals surface area contributed by atoms with Gasteiger partial charge in [0.05, 0.1) is 6.61 Å². The van der Waals surface area contributed by atoms with E-state index in [-0.39, 0.29) is 29.5 Å². The smallest absolute Gasteiger partial charge is 0.222 e. The van der Waals surface area contributed by atoms with Crippen LogP contribution in [-0.2, 0) is 17.9 Å². The molecule has 0 aliphatic heterocycles. The van der Waals surface area contributed by atoms with Crippen LogP contribution in [0.4, 0.5) is 0 Å². The van der Waals surface area contributed by atoms with E-state index in [4.69, 9.17) is 0 Å². The molecular formula is C19H25BrN2O2. The number of nitrogens with zero attached hydrogens (tertiary/aromatic N) is 2. The highest BCUT2D eigenvalue weighted by Gasteiger charge is 2.13. The first kappa shape index (κ1) is 20.3. The van der Waals surface area contributed by atoms with Crippen molar-refractivity contribution in [2.75, 3.05) is 13.2 Å². The lowest BCUT2D eigenvalue weighted by atomic mass is 10.1. The van der Waals surface area contributed by atoms with Crippen molar-refractivity contribution in [1.29, 1.82) is 0 Å². The van der Waals surface area contributed by atoms with E-state index in [0.717, 1.165) is 24.9 Å². The lowest BCUT2D eigenvalue weighted by Gasteiger charge is -2.22. The summed E-state index contributed by atoms with van der Waals surface area (Å²) in [6, 6.07) is 15.9. The summed E-state index contributed by atoms with van der Waals surface area (Å²) in [4.78, 5) is 14.1. The molecule has 5 heteroatoms. The summed E-state index contributed by atoms with van der Waals surface area (Å²) >= 11 is 0. The molecule has 0 bridgehead atoms. The summed E-state index contributed by atoms with van der Waals surface area (Å²) in [5.74, 6) is 0.112. The first-order valence-electron chi connectivity index (χ1n) is 8.16. The molecule has 1 heterocycles. The van der Waals surface area contributed by atoms with Crippen molar-refractivity contribution in [3.8, 4) is 0 Å². The van der Waals surface area contributed by atoms with Crippen LogP contribution >= 0.6 is 0 Å². The summed E-state index contributed by atoms with van der Waals surface area (Å²) in [7, 11) is 0. The minimum absolute atomic E-state index is 0. The van der Waals surface area contributed by atoms with Gasteiger partial charge in [-0.25, -0.2) is 4.57 Å². The van der Waals surface area contributed by atoms with Gasteiger partial charge < -0.3 is 27.0 Å². The molecule has 2 aromatic rings. The fraction of sp³-hybridized carbons (Fsp3) is 0.368. The molecule has 2 rings (SSSR count). The van der Waals surface area contributed by atoms with E-state index in [2.05, 4.69) is 4.57 Å². The lowest BCUT2D eigenvalue weighted by molar-refractivity contribution is -0.697. The molecule has 130 valence electrons. The molecule has 0 radical (unpaired) electrons. The molecule has 0 aliphatic carbocycles. The zero-order chi connectivity index (χ0) is 16.3. The average Bonchev–Trinajstić information content (AvgIpc) is 2.60. The van der Waals surface area contributed by atoms with Crippen LogP contribution in [0.15, 0.2) is 60.9 Å². The number of unbranched alkanes of at least 4 members (excludes halogenated alkanes) is 1. The molecule has 24 heavy (non-hydrogen) atoms. The maximum Gasteiger partial charge on any atom is 0.222 e. The Morgan fingerprint density at radius 1 is 1.00 bits per heavy atom. The number of halogens is 1. The van der Waals surface area contributed by atoms with E-state index < -0.39 is 0 Å². The van der Waals surface area contributed by atoms with Crippen molar-refractivity contribution < 1.29 is 31.4 Å². The quantitative estimate of drug-likeness (QED) is 0.447. The Morgan fingerprint density at radius 3 is 2.33 bits per heavy atom. The maximum absolute atomic E-state index is 12.4. The Labute approximate surface area is 154 Å². The fourth-order valence-electron chi connectivity index (χ4n) is 2.53. The van der Waals surface area contributed by atoms with Gasteiger partial charge in [-0.15, -0.1) is 0 Å². The van der Waals surface area contributed by atoms with Crippen molar-refractivity contribution >= 4 is 5.91 Å². The molecule has 0 saturated heterocycles. The number of aliphatic hydroxyl groups excluding tert-OH is 1. The highest BCUT2D eigenvalue weighted by molar-refractivity contribution is 5.76. The SMILES string of the molecule is O=C(CCCC[n+]1ccccc1)N(CCO)Cc1ccccc1.[Br-]. The second-order valence-corrected chi connectivity index (χ2v) is 5.59. The third-order valence-corrected chi connectivity index (χ3v) is 3.77. The third kappa shape index (κ3) is 7.23. The number of aromatic nitrogens is 1. The van der Waals surface area contributed by atoms with Crippen LogP contribution in [0.3, 0.4) is 0 Å².